The van der Waals surface area contributed by atoms with Crippen LogP contribution < -0.4 is 5.32 Å². The minimum Gasteiger partial charge on any atom is -0.370 e. The molecule has 220 valence electrons. The smallest absolute Gasteiger partial charge is 0.248 e. The van der Waals surface area contributed by atoms with E-state index in [2.05, 4.69) is 48.2 Å². The van der Waals surface area contributed by atoms with Crippen LogP contribution in [0.2, 0.25) is 0 Å². The summed E-state index contributed by atoms with van der Waals surface area (Å²) in [6, 6.07) is 6.90. The van der Waals surface area contributed by atoms with E-state index in [9.17, 15) is 14.4 Å². The number of Topliss-reactive ketones (excluding diaryl/α,β-unsaturated/α-hetero) is 1. The van der Waals surface area contributed by atoms with Crippen molar-refractivity contribution in [1.29, 1.82) is 0 Å². The van der Waals surface area contributed by atoms with Gasteiger partial charge in [0.15, 0.2) is 5.78 Å². The number of hydrogen-bond acceptors (Lipinski definition) is 8. The molecule has 2 amide bonds. The van der Waals surface area contributed by atoms with E-state index >= 15 is 0 Å². The van der Waals surface area contributed by atoms with Crippen LogP contribution >= 0.6 is 15.9 Å². The van der Waals surface area contributed by atoms with Gasteiger partial charge in [-0.2, -0.15) is 5.10 Å². The average molecular weight is 645 g/mol. The number of nitrogens with one attached hydrogen (secondary N) is 1. The zero-order valence-electron chi connectivity index (χ0n) is 24.3. The summed E-state index contributed by atoms with van der Waals surface area (Å²) in [5.41, 5.74) is 5.09. The van der Waals surface area contributed by atoms with Crippen molar-refractivity contribution < 1.29 is 19.1 Å². The van der Waals surface area contributed by atoms with Gasteiger partial charge in [-0.1, -0.05) is 13.0 Å². The molecule has 2 aliphatic heterocycles. The van der Waals surface area contributed by atoms with Crippen LogP contribution in [0.5, 0.6) is 0 Å². The van der Waals surface area contributed by atoms with Crippen molar-refractivity contribution in [2.75, 3.05) is 5.32 Å². The van der Waals surface area contributed by atoms with E-state index in [1.165, 1.54) is 6.92 Å². The number of fused-ring (bicyclic) bond motifs is 5. The van der Waals surface area contributed by atoms with Crippen LogP contribution in [0, 0.1) is 19.3 Å². The first-order valence-corrected chi connectivity index (χ1v) is 15.0. The van der Waals surface area contributed by atoms with Gasteiger partial charge < -0.3 is 15.0 Å². The molecule has 7 rings (SSSR count). The molecule has 0 spiro atoms. The summed E-state index contributed by atoms with van der Waals surface area (Å²) in [6.07, 6.45) is 3.21. The number of carbonyl (C=O) groups excluding carboxylic acids is 3. The number of aromatic nitrogens is 5. The predicted molar refractivity (Wildman–Crippen MR) is 161 cm³/mol. The SMILES string of the molecule is CC(=O)c1nn(CC(=O)N2[C@H](C(=O)Nc3nc(Br)ccc3C)C[C@@]3(C)C[C@@H]23)c2cc3c(cc12)-c1cnc(C)nc1COC3. The maximum atomic E-state index is 14.0. The lowest BCUT2D eigenvalue weighted by Gasteiger charge is -2.27. The molecule has 0 radical (unpaired) electrons. The number of carbonyl (C=O) groups is 3. The number of nitrogens with zero attached hydrogens (tertiary/aromatic N) is 6. The summed E-state index contributed by atoms with van der Waals surface area (Å²) in [5.74, 6) is 0.443. The van der Waals surface area contributed by atoms with Gasteiger partial charge in [-0.05, 0) is 82.9 Å². The molecule has 3 atom stereocenters. The fourth-order valence-corrected chi connectivity index (χ4v) is 6.83. The monoisotopic (exact) mass is 643 g/mol. The number of halogens is 1. The molecular formula is C31H30BrN7O4. The summed E-state index contributed by atoms with van der Waals surface area (Å²) < 4.78 is 8.13. The average Bonchev–Trinajstić information content (AvgIpc) is 3.41. The highest BCUT2D eigenvalue weighted by Gasteiger charge is 2.64. The van der Waals surface area contributed by atoms with Gasteiger partial charge in [0, 0.05) is 30.1 Å². The van der Waals surface area contributed by atoms with E-state index in [4.69, 9.17) is 4.74 Å². The number of pyridine rings is 1. The van der Waals surface area contributed by atoms with Gasteiger partial charge in [0.05, 0.1) is 24.4 Å². The topological polar surface area (TPSA) is 132 Å². The third kappa shape index (κ3) is 4.72. The van der Waals surface area contributed by atoms with E-state index in [1.54, 1.807) is 15.8 Å². The number of hydrogen-bond donors (Lipinski definition) is 1. The molecule has 2 fully saturated rings. The normalized spacial score (nSPS) is 22.0. The molecule has 4 aromatic rings. The lowest BCUT2D eigenvalue weighted by molar-refractivity contribution is -0.138. The van der Waals surface area contributed by atoms with Crippen LogP contribution in [0.25, 0.3) is 22.0 Å². The summed E-state index contributed by atoms with van der Waals surface area (Å²) in [6.45, 7) is 7.88. The van der Waals surface area contributed by atoms with Crippen molar-refractivity contribution >= 4 is 50.2 Å². The highest BCUT2D eigenvalue weighted by atomic mass is 79.9. The van der Waals surface area contributed by atoms with Crippen molar-refractivity contribution in [3.05, 3.63) is 63.4 Å². The van der Waals surface area contributed by atoms with E-state index in [1.807, 2.05) is 38.1 Å². The highest BCUT2D eigenvalue weighted by molar-refractivity contribution is 9.10. The Labute approximate surface area is 256 Å². The molecule has 5 heterocycles. The molecule has 1 saturated carbocycles. The Hall–Kier alpha value is -4.03. The van der Waals surface area contributed by atoms with E-state index in [-0.39, 0.29) is 41.3 Å². The van der Waals surface area contributed by atoms with Gasteiger partial charge in [-0.15, -0.1) is 0 Å². The number of likely N-dealkylation sites (tertiary alicyclic amines) is 1. The summed E-state index contributed by atoms with van der Waals surface area (Å²) in [5, 5.41) is 8.20. The first kappa shape index (κ1) is 27.8. The van der Waals surface area contributed by atoms with E-state index < -0.39 is 6.04 Å². The van der Waals surface area contributed by atoms with Crippen LogP contribution in [-0.4, -0.2) is 59.3 Å². The maximum absolute atomic E-state index is 14.0. The summed E-state index contributed by atoms with van der Waals surface area (Å²) in [4.78, 5) is 55.3. The molecule has 1 saturated heterocycles. The summed E-state index contributed by atoms with van der Waals surface area (Å²) in [7, 11) is 0. The molecule has 1 aromatic carbocycles. The molecule has 1 aliphatic carbocycles. The third-order valence-corrected chi connectivity index (χ3v) is 9.34. The van der Waals surface area contributed by atoms with Gasteiger partial charge in [-0.3, -0.25) is 19.1 Å². The van der Waals surface area contributed by atoms with Gasteiger partial charge in [0.2, 0.25) is 11.8 Å². The van der Waals surface area contributed by atoms with E-state index in [0.717, 1.165) is 34.4 Å². The van der Waals surface area contributed by atoms with Crippen molar-refractivity contribution in [1.82, 2.24) is 29.6 Å². The largest absolute Gasteiger partial charge is 0.370 e. The molecule has 0 unspecified atom stereocenters. The molecule has 1 N–H and O–H groups in total. The van der Waals surface area contributed by atoms with Crippen molar-refractivity contribution in [3.8, 4) is 11.1 Å². The van der Waals surface area contributed by atoms with Crippen LogP contribution in [0.1, 0.15) is 59.8 Å². The Balaban J connectivity index is 1.23. The highest BCUT2D eigenvalue weighted by Crippen LogP contribution is 2.59. The fourth-order valence-electron chi connectivity index (χ4n) is 6.52. The van der Waals surface area contributed by atoms with Gasteiger partial charge in [0.1, 0.15) is 34.5 Å². The number of rotatable bonds is 5. The number of benzene rings is 1. The number of anilines is 1. The molecule has 12 heteroatoms. The number of amides is 2. The van der Waals surface area contributed by atoms with Crippen molar-refractivity contribution in [3.63, 3.8) is 0 Å². The van der Waals surface area contributed by atoms with Gasteiger partial charge >= 0.3 is 0 Å². The Morgan fingerprint density at radius 2 is 1.93 bits per heavy atom. The molecule has 0 bridgehead atoms. The minimum absolute atomic E-state index is 0.0222. The maximum Gasteiger partial charge on any atom is 0.248 e. The van der Waals surface area contributed by atoms with Crippen LogP contribution in [-0.2, 0) is 34.1 Å². The van der Waals surface area contributed by atoms with Crippen LogP contribution in [0.4, 0.5) is 5.82 Å². The zero-order valence-corrected chi connectivity index (χ0v) is 25.9. The first-order valence-electron chi connectivity index (χ1n) is 14.2. The molecule has 11 nitrogen and oxygen atoms in total. The zero-order chi connectivity index (χ0) is 30.2. The van der Waals surface area contributed by atoms with Crippen LogP contribution in [0.3, 0.4) is 0 Å². The molecular weight excluding hydrogens is 614 g/mol. The fraction of sp³-hybridized carbons (Fsp3) is 0.387. The number of piperidine rings is 1. The van der Waals surface area contributed by atoms with Crippen molar-refractivity contribution in [2.24, 2.45) is 5.41 Å². The van der Waals surface area contributed by atoms with Gasteiger partial charge in [-0.25, -0.2) is 15.0 Å². The lowest BCUT2D eigenvalue weighted by atomic mass is 9.97. The minimum atomic E-state index is -0.629. The quantitative estimate of drug-likeness (QED) is 0.248. The second kappa shape index (κ2) is 10.0. The Morgan fingerprint density at radius 3 is 2.72 bits per heavy atom. The third-order valence-electron chi connectivity index (χ3n) is 8.90. The first-order chi connectivity index (χ1) is 20.5. The predicted octanol–water partition coefficient (Wildman–Crippen LogP) is 4.52. The van der Waals surface area contributed by atoms with E-state index in [0.29, 0.717) is 46.8 Å². The molecule has 3 aromatic heterocycles. The standard InChI is InChI=1S/C31H30BrN7O4/c1-15-5-6-26(32)35-29(15)36-30(42)24-9-31(4)10-25(31)39(24)27(41)12-38-23-7-18-13-43-14-22-21(11-33-17(3)34-22)19(18)8-20(23)28(37-38)16(2)40/h5-8,11,24-25H,9-10,12-14H2,1-4H3,(H,35,36,42)/t24-,25+,31-/m0/s1. The van der Waals surface area contributed by atoms with Crippen LogP contribution in [0.15, 0.2) is 35.1 Å². The van der Waals surface area contributed by atoms with Gasteiger partial charge in [0.25, 0.3) is 0 Å². The molecule has 3 aliphatic rings. The second-order valence-corrected chi connectivity index (χ2v) is 12.9. The molecule has 43 heavy (non-hydrogen) atoms. The summed E-state index contributed by atoms with van der Waals surface area (Å²) >= 11 is 3.36. The number of aryl methyl sites for hydroxylation is 2. The van der Waals surface area contributed by atoms with Crippen molar-refractivity contribution in [2.45, 2.75) is 72.4 Å². The number of ketones is 1. The Kier molecular flexibility index (Phi) is 6.47. The Bertz CT molecular complexity index is 1870. The second-order valence-electron chi connectivity index (χ2n) is 12.0. The lowest BCUT2D eigenvalue weighted by Crippen LogP contribution is -2.47. The Morgan fingerprint density at radius 1 is 1.12 bits per heavy atom. The number of ether oxygens (including phenoxy) is 1.